The van der Waals surface area contributed by atoms with Crippen molar-refractivity contribution in [3.63, 3.8) is 0 Å². The minimum Gasteiger partial charge on any atom is -0.380 e. The van der Waals surface area contributed by atoms with Gasteiger partial charge in [0.25, 0.3) is 0 Å². The number of amidine groups is 2. The first-order chi connectivity index (χ1) is 10.1. The lowest BCUT2D eigenvalue weighted by Crippen LogP contribution is -2.27. The first kappa shape index (κ1) is 14.6. The normalized spacial score (nSPS) is 19.5. The van der Waals surface area contributed by atoms with Gasteiger partial charge in [0, 0.05) is 18.8 Å². The molecule has 1 aromatic rings. The monoisotopic (exact) mass is 289 g/mol. The number of aliphatic imine (C=N–C) groups is 1. The van der Waals surface area contributed by atoms with Crippen LogP contribution in [0.3, 0.4) is 0 Å². The number of nitrogens with two attached hydrogens (primary N) is 2. The molecular weight excluding hydrogens is 273 g/mol. The number of allylic oxidation sites excluding steroid dienone is 1. The zero-order chi connectivity index (χ0) is 15.4. The Labute approximate surface area is 121 Å². The standard InChI is InChI=1S/C13H16FN7/c1-3-10-11(12(15)19-16)20-21(13(10)17-2)7-8-4-9(14)6-18-5-8/h3-6H,7,16H2,1-2H3,(H2,15,19)/b10-3-,17-13?. The smallest absolute Gasteiger partial charge is 0.171 e. The average molecular weight is 289 g/mol. The van der Waals surface area contributed by atoms with Gasteiger partial charge in [-0.25, -0.2) is 9.40 Å². The number of hydrogen-bond acceptors (Lipinski definition) is 5. The van der Waals surface area contributed by atoms with E-state index in [9.17, 15) is 4.39 Å². The maximum Gasteiger partial charge on any atom is 0.171 e. The van der Waals surface area contributed by atoms with Gasteiger partial charge >= 0.3 is 0 Å². The predicted molar refractivity (Wildman–Crippen MR) is 80.1 cm³/mol. The zero-order valence-electron chi connectivity index (χ0n) is 11.8. The summed E-state index contributed by atoms with van der Waals surface area (Å²) in [6, 6.07) is 1.39. The number of hydrazone groups is 2. The fourth-order valence-electron chi connectivity index (χ4n) is 2.04. The summed E-state index contributed by atoms with van der Waals surface area (Å²) in [6.07, 6.45) is 4.54. The molecule has 8 heteroatoms. The van der Waals surface area contributed by atoms with Crippen LogP contribution < -0.4 is 11.6 Å². The molecule has 0 atom stereocenters. The second-order valence-electron chi connectivity index (χ2n) is 4.28. The van der Waals surface area contributed by atoms with E-state index in [2.05, 4.69) is 20.2 Å². The van der Waals surface area contributed by atoms with Crippen LogP contribution in [0.15, 0.2) is 45.3 Å². The molecule has 1 aliphatic rings. The summed E-state index contributed by atoms with van der Waals surface area (Å²) in [5.74, 6) is 5.54. The Hall–Kier alpha value is -2.77. The molecule has 1 aromatic heterocycles. The highest BCUT2D eigenvalue weighted by Crippen LogP contribution is 2.19. The molecule has 110 valence electrons. The molecule has 2 heterocycles. The number of pyridine rings is 1. The highest BCUT2D eigenvalue weighted by molar-refractivity contribution is 6.54. The number of rotatable bonds is 3. The van der Waals surface area contributed by atoms with Gasteiger partial charge in [-0.15, -0.1) is 0 Å². The van der Waals surface area contributed by atoms with Gasteiger partial charge in [-0.1, -0.05) is 6.08 Å². The van der Waals surface area contributed by atoms with Crippen molar-refractivity contribution in [1.82, 2.24) is 9.99 Å². The van der Waals surface area contributed by atoms with E-state index >= 15 is 0 Å². The summed E-state index contributed by atoms with van der Waals surface area (Å²) < 4.78 is 13.2. The number of nitrogens with zero attached hydrogens (tertiary/aromatic N) is 5. The Kier molecular flexibility index (Phi) is 4.27. The summed E-state index contributed by atoms with van der Waals surface area (Å²) in [7, 11) is 1.64. The molecule has 21 heavy (non-hydrogen) atoms. The highest BCUT2D eigenvalue weighted by atomic mass is 19.1. The van der Waals surface area contributed by atoms with Gasteiger partial charge in [-0.3, -0.25) is 9.98 Å². The molecule has 0 spiro atoms. The van der Waals surface area contributed by atoms with E-state index in [-0.39, 0.29) is 5.84 Å². The molecule has 2 rings (SSSR count). The van der Waals surface area contributed by atoms with Gasteiger partial charge in [0.2, 0.25) is 0 Å². The molecule has 0 unspecified atom stereocenters. The van der Waals surface area contributed by atoms with Gasteiger partial charge in [0.05, 0.1) is 12.7 Å². The molecule has 7 nitrogen and oxygen atoms in total. The molecule has 0 fully saturated rings. The van der Waals surface area contributed by atoms with Crippen LogP contribution in [-0.4, -0.2) is 34.4 Å². The topological polar surface area (TPSA) is 105 Å². The van der Waals surface area contributed by atoms with Crippen molar-refractivity contribution in [2.45, 2.75) is 13.5 Å². The molecule has 0 aliphatic carbocycles. The summed E-state index contributed by atoms with van der Waals surface area (Å²) in [5, 5.41) is 9.43. The second-order valence-corrected chi connectivity index (χ2v) is 4.28. The Bertz CT molecular complexity index is 660. The van der Waals surface area contributed by atoms with Gasteiger partial charge in [-0.2, -0.15) is 10.2 Å². The molecule has 0 saturated heterocycles. The van der Waals surface area contributed by atoms with Crippen molar-refractivity contribution in [3.05, 3.63) is 41.5 Å². The Morgan fingerprint density at radius 3 is 2.81 bits per heavy atom. The van der Waals surface area contributed by atoms with E-state index in [1.54, 1.807) is 18.3 Å². The maximum atomic E-state index is 13.2. The lowest BCUT2D eigenvalue weighted by molar-refractivity contribution is 0.447. The number of hydrogen-bond donors (Lipinski definition) is 2. The third-order valence-electron chi connectivity index (χ3n) is 2.94. The third kappa shape index (κ3) is 2.88. The molecule has 1 aliphatic heterocycles. The first-order valence-corrected chi connectivity index (χ1v) is 6.23. The minimum atomic E-state index is -0.403. The molecule has 0 aromatic carbocycles. The van der Waals surface area contributed by atoms with Crippen molar-refractivity contribution in [3.8, 4) is 0 Å². The fourth-order valence-corrected chi connectivity index (χ4v) is 2.04. The summed E-state index contributed by atoms with van der Waals surface area (Å²) in [4.78, 5) is 8.01. The SMILES string of the molecule is C/C=C1/C(/C(N)=N/N)=NN(Cc2cncc(F)c2)C1=NC. The lowest BCUT2D eigenvalue weighted by Gasteiger charge is -2.14. The van der Waals surface area contributed by atoms with Crippen LogP contribution in [0.4, 0.5) is 4.39 Å². The summed E-state index contributed by atoms with van der Waals surface area (Å²) in [5.41, 5.74) is 7.59. The number of aromatic nitrogens is 1. The molecule has 0 saturated carbocycles. The van der Waals surface area contributed by atoms with Crippen LogP contribution in [-0.2, 0) is 6.54 Å². The van der Waals surface area contributed by atoms with Gasteiger partial charge in [0.1, 0.15) is 11.5 Å². The predicted octanol–water partition coefficient (Wildman–Crippen LogP) is 0.598. The van der Waals surface area contributed by atoms with Gasteiger partial charge in [-0.05, 0) is 18.6 Å². The molecule has 4 N–H and O–H groups in total. The van der Waals surface area contributed by atoms with E-state index in [0.29, 0.717) is 23.7 Å². The fraction of sp³-hybridized carbons (Fsp3) is 0.231. The second kappa shape index (κ2) is 6.12. The Balaban J connectivity index is 2.36. The van der Waals surface area contributed by atoms with E-state index in [1.807, 2.05) is 13.0 Å². The minimum absolute atomic E-state index is 0.115. The zero-order valence-corrected chi connectivity index (χ0v) is 11.8. The van der Waals surface area contributed by atoms with Crippen LogP contribution in [0.5, 0.6) is 0 Å². The highest BCUT2D eigenvalue weighted by Gasteiger charge is 2.29. The average Bonchev–Trinajstić information content (AvgIpc) is 2.83. The lowest BCUT2D eigenvalue weighted by atomic mass is 10.1. The van der Waals surface area contributed by atoms with Crippen LogP contribution in [0.25, 0.3) is 0 Å². The van der Waals surface area contributed by atoms with E-state index in [4.69, 9.17) is 11.6 Å². The Morgan fingerprint density at radius 2 is 2.24 bits per heavy atom. The van der Waals surface area contributed by atoms with Crippen LogP contribution in [0, 0.1) is 5.82 Å². The van der Waals surface area contributed by atoms with Gasteiger partial charge < -0.3 is 11.6 Å². The Morgan fingerprint density at radius 1 is 1.48 bits per heavy atom. The molecule has 0 bridgehead atoms. The van der Waals surface area contributed by atoms with Gasteiger partial charge in [0.15, 0.2) is 11.7 Å². The van der Waals surface area contributed by atoms with Crippen LogP contribution in [0.2, 0.25) is 0 Å². The molecule has 0 radical (unpaired) electrons. The van der Waals surface area contributed by atoms with Crippen molar-refractivity contribution in [2.75, 3.05) is 7.05 Å². The van der Waals surface area contributed by atoms with Crippen molar-refractivity contribution in [1.29, 1.82) is 0 Å². The first-order valence-electron chi connectivity index (χ1n) is 6.23. The van der Waals surface area contributed by atoms with Crippen LogP contribution >= 0.6 is 0 Å². The molecular formula is C13H16FN7. The largest absolute Gasteiger partial charge is 0.380 e. The van der Waals surface area contributed by atoms with E-state index < -0.39 is 5.82 Å². The van der Waals surface area contributed by atoms with Crippen molar-refractivity contribution < 1.29 is 4.39 Å². The maximum absolute atomic E-state index is 13.2. The quantitative estimate of drug-likeness (QED) is 0.368. The third-order valence-corrected chi connectivity index (χ3v) is 2.94. The number of halogens is 1. The van der Waals surface area contributed by atoms with E-state index in [1.165, 1.54) is 6.07 Å². The molecule has 0 amide bonds. The summed E-state index contributed by atoms with van der Waals surface area (Å²) in [6.45, 7) is 2.16. The van der Waals surface area contributed by atoms with Crippen molar-refractivity contribution >= 4 is 17.4 Å². The van der Waals surface area contributed by atoms with Crippen LogP contribution in [0.1, 0.15) is 12.5 Å². The summed E-state index contributed by atoms with van der Waals surface area (Å²) >= 11 is 0. The van der Waals surface area contributed by atoms with E-state index in [0.717, 1.165) is 11.8 Å². The van der Waals surface area contributed by atoms with Crippen molar-refractivity contribution in [2.24, 2.45) is 26.8 Å².